The lowest BCUT2D eigenvalue weighted by Gasteiger charge is -2.18. The van der Waals surface area contributed by atoms with E-state index in [1.165, 1.54) is 24.0 Å². The lowest BCUT2D eigenvalue weighted by atomic mass is 9.92. The van der Waals surface area contributed by atoms with E-state index >= 15 is 0 Å². The Morgan fingerprint density at radius 3 is 2.81 bits per heavy atom. The second-order valence-electron chi connectivity index (χ2n) is 8.07. The number of rotatable bonds is 2. The molecule has 0 aliphatic heterocycles. The maximum Gasteiger partial charge on any atom is 0.224 e. The number of fused-ring (bicyclic) bond motifs is 3. The summed E-state index contributed by atoms with van der Waals surface area (Å²) in [6.07, 6.45) is 5.86. The first-order valence-electron chi connectivity index (χ1n) is 8.43. The highest BCUT2D eigenvalue weighted by Crippen LogP contribution is 2.60. The van der Waals surface area contributed by atoms with Crippen LogP contribution in [0.25, 0.3) is 0 Å². The highest BCUT2D eigenvalue weighted by atomic mass is 16.2. The molecule has 0 aromatic heterocycles. The van der Waals surface area contributed by atoms with Gasteiger partial charge in [-0.05, 0) is 60.5 Å². The van der Waals surface area contributed by atoms with Crippen molar-refractivity contribution in [3.05, 3.63) is 35.4 Å². The molecule has 2 fully saturated rings. The fourth-order valence-corrected chi connectivity index (χ4v) is 4.78. The lowest BCUT2D eigenvalue weighted by Crippen LogP contribution is -2.35. The van der Waals surface area contributed by atoms with Gasteiger partial charge in [0.15, 0.2) is 0 Å². The van der Waals surface area contributed by atoms with Crippen LogP contribution in [0, 0.1) is 17.3 Å². The van der Waals surface area contributed by atoms with Gasteiger partial charge in [0.25, 0.3) is 0 Å². The molecule has 0 bridgehead atoms. The first kappa shape index (κ1) is 13.4. The number of nitrogens with one attached hydrogen (secondary N) is 1. The molecule has 1 aromatic rings. The summed E-state index contributed by atoms with van der Waals surface area (Å²) in [7, 11) is 0. The third-order valence-electron chi connectivity index (χ3n) is 5.95. The first-order chi connectivity index (χ1) is 10.1. The SMILES string of the molecule is CC1(C)CCC(NC(=O)C2C3CCc4ccccc4C32)C1. The van der Waals surface area contributed by atoms with Crippen molar-refractivity contribution in [3.8, 4) is 0 Å². The summed E-state index contributed by atoms with van der Waals surface area (Å²) in [5, 5.41) is 3.34. The molecule has 0 saturated heterocycles. The summed E-state index contributed by atoms with van der Waals surface area (Å²) in [6, 6.07) is 9.12. The minimum atomic E-state index is 0.248. The minimum absolute atomic E-state index is 0.248. The minimum Gasteiger partial charge on any atom is -0.353 e. The Morgan fingerprint density at radius 1 is 1.24 bits per heavy atom. The van der Waals surface area contributed by atoms with Crippen LogP contribution in [0.15, 0.2) is 24.3 Å². The van der Waals surface area contributed by atoms with Gasteiger partial charge in [0.2, 0.25) is 5.91 Å². The molecule has 21 heavy (non-hydrogen) atoms. The van der Waals surface area contributed by atoms with Crippen LogP contribution in [0.2, 0.25) is 0 Å². The number of benzene rings is 1. The Balaban J connectivity index is 1.44. The molecule has 2 heteroatoms. The quantitative estimate of drug-likeness (QED) is 0.882. The van der Waals surface area contributed by atoms with Gasteiger partial charge in [-0.3, -0.25) is 4.79 Å². The van der Waals surface area contributed by atoms with Crippen LogP contribution in [0.4, 0.5) is 0 Å². The normalized spacial score (nSPS) is 35.7. The van der Waals surface area contributed by atoms with E-state index in [9.17, 15) is 4.79 Å². The van der Waals surface area contributed by atoms with Crippen molar-refractivity contribution in [1.29, 1.82) is 0 Å². The summed E-state index contributed by atoms with van der Waals surface area (Å²) in [6.45, 7) is 4.62. The van der Waals surface area contributed by atoms with Crippen LogP contribution < -0.4 is 5.32 Å². The number of aryl methyl sites for hydroxylation is 1. The molecule has 1 aromatic carbocycles. The van der Waals surface area contributed by atoms with Crippen molar-refractivity contribution >= 4 is 5.91 Å². The third-order valence-corrected chi connectivity index (χ3v) is 5.95. The van der Waals surface area contributed by atoms with Gasteiger partial charge in [-0.15, -0.1) is 0 Å². The van der Waals surface area contributed by atoms with Crippen LogP contribution in [0.1, 0.15) is 56.6 Å². The number of carbonyl (C=O) groups is 1. The summed E-state index contributed by atoms with van der Waals surface area (Å²) >= 11 is 0. The van der Waals surface area contributed by atoms with E-state index in [2.05, 4.69) is 43.4 Å². The van der Waals surface area contributed by atoms with E-state index in [4.69, 9.17) is 0 Å². The van der Waals surface area contributed by atoms with E-state index in [-0.39, 0.29) is 5.92 Å². The Kier molecular flexibility index (Phi) is 2.92. The zero-order valence-corrected chi connectivity index (χ0v) is 13.1. The van der Waals surface area contributed by atoms with E-state index in [0.717, 1.165) is 19.3 Å². The molecule has 4 unspecified atom stereocenters. The zero-order valence-electron chi connectivity index (χ0n) is 13.1. The molecule has 3 aliphatic carbocycles. The van der Waals surface area contributed by atoms with E-state index in [1.54, 1.807) is 0 Å². The first-order valence-corrected chi connectivity index (χ1v) is 8.43. The smallest absolute Gasteiger partial charge is 0.224 e. The fraction of sp³-hybridized carbons (Fsp3) is 0.632. The molecule has 3 aliphatic rings. The average Bonchev–Trinajstić information content (AvgIpc) is 3.11. The molecule has 0 heterocycles. The maximum atomic E-state index is 12.6. The molecule has 0 radical (unpaired) electrons. The van der Waals surface area contributed by atoms with Crippen molar-refractivity contribution in [3.63, 3.8) is 0 Å². The van der Waals surface area contributed by atoms with E-state index < -0.39 is 0 Å². The van der Waals surface area contributed by atoms with Gasteiger partial charge in [-0.1, -0.05) is 38.1 Å². The van der Waals surface area contributed by atoms with Crippen molar-refractivity contribution in [2.75, 3.05) is 0 Å². The summed E-state index contributed by atoms with van der Waals surface area (Å²) < 4.78 is 0. The summed E-state index contributed by atoms with van der Waals surface area (Å²) in [5.41, 5.74) is 3.32. The molecule has 4 rings (SSSR count). The Hall–Kier alpha value is -1.31. The molecule has 1 N–H and O–H groups in total. The standard InChI is InChI=1S/C19H25NO/c1-19(2)10-9-13(11-19)20-18(21)17-15-8-7-12-5-3-4-6-14(12)16(15)17/h3-6,13,15-17H,7-11H2,1-2H3,(H,20,21). The van der Waals surface area contributed by atoms with Crippen LogP contribution in [0.3, 0.4) is 0 Å². The predicted molar refractivity (Wildman–Crippen MR) is 84.0 cm³/mol. The third kappa shape index (κ3) is 2.29. The topological polar surface area (TPSA) is 29.1 Å². The molecular formula is C19H25NO. The highest BCUT2D eigenvalue weighted by Gasteiger charge is 2.57. The predicted octanol–water partition coefficient (Wildman–Crippen LogP) is 3.66. The van der Waals surface area contributed by atoms with Gasteiger partial charge in [0.1, 0.15) is 0 Å². The highest BCUT2D eigenvalue weighted by molar-refractivity contribution is 5.84. The summed E-state index contributed by atoms with van der Waals surface area (Å²) in [5.74, 6) is 1.68. The molecule has 2 nitrogen and oxygen atoms in total. The lowest BCUT2D eigenvalue weighted by molar-refractivity contribution is -0.123. The van der Waals surface area contributed by atoms with E-state index in [1.807, 2.05) is 0 Å². The largest absolute Gasteiger partial charge is 0.353 e. The Bertz CT molecular complexity index is 577. The second kappa shape index (κ2) is 4.59. The molecule has 2 saturated carbocycles. The number of amides is 1. The number of carbonyl (C=O) groups excluding carboxylic acids is 1. The fourth-order valence-electron chi connectivity index (χ4n) is 4.78. The second-order valence-corrected chi connectivity index (χ2v) is 8.07. The van der Waals surface area contributed by atoms with Gasteiger partial charge in [0.05, 0.1) is 0 Å². The average molecular weight is 283 g/mol. The van der Waals surface area contributed by atoms with E-state index in [0.29, 0.717) is 29.2 Å². The van der Waals surface area contributed by atoms with Gasteiger partial charge in [0, 0.05) is 12.0 Å². The molecule has 112 valence electrons. The monoisotopic (exact) mass is 283 g/mol. The van der Waals surface area contributed by atoms with Crippen molar-refractivity contribution in [2.24, 2.45) is 17.3 Å². The maximum absolute atomic E-state index is 12.6. The molecular weight excluding hydrogens is 258 g/mol. The van der Waals surface area contributed by atoms with Gasteiger partial charge in [-0.25, -0.2) is 0 Å². The van der Waals surface area contributed by atoms with Gasteiger partial charge in [-0.2, -0.15) is 0 Å². The van der Waals surface area contributed by atoms with Crippen molar-refractivity contribution < 1.29 is 4.79 Å². The van der Waals surface area contributed by atoms with Crippen LogP contribution in [-0.2, 0) is 11.2 Å². The number of hydrogen-bond donors (Lipinski definition) is 1. The van der Waals surface area contributed by atoms with Crippen LogP contribution in [0.5, 0.6) is 0 Å². The van der Waals surface area contributed by atoms with Gasteiger partial charge >= 0.3 is 0 Å². The zero-order chi connectivity index (χ0) is 14.6. The molecule has 1 amide bonds. The number of hydrogen-bond acceptors (Lipinski definition) is 1. The molecule has 4 atom stereocenters. The van der Waals surface area contributed by atoms with Crippen molar-refractivity contribution in [2.45, 2.75) is 57.9 Å². The molecule has 0 spiro atoms. The Morgan fingerprint density at radius 2 is 2.05 bits per heavy atom. The van der Waals surface area contributed by atoms with Crippen LogP contribution >= 0.6 is 0 Å². The Labute approximate surface area is 127 Å². The van der Waals surface area contributed by atoms with Crippen molar-refractivity contribution in [1.82, 2.24) is 5.32 Å². The van der Waals surface area contributed by atoms with Crippen LogP contribution in [-0.4, -0.2) is 11.9 Å². The summed E-state index contributed by atoms with van der Waals surface area (Å²) in [4.78, 5) is 12.6. The van der Waals surface area contributed by atoms with Gasteiger partial charge < -0.3 is 5.32 Å².